The number of piperazine rings is 1. The van der Waals surface area contributed by atoms with E-state index >= 15 is 0 Å². The first kappa shape index (κ1) is 26.6. The average molecular weight is 550 g/mol. The van der Waals surface area contributed by atoms with Gasteiger partial charge in [0.15, 0.2) is 5.96 Å². The zero-order valence-electron chi connectivity index (χ0n) is 19.4. The molecule has 2 saturated carbocycles. The highest BCUT2D eigenvalue weighted by molar-refractivity contribution is 14.0. The summed E-state index contributed by atoms with van der Waals surface area (Å²) in [6.07, 6.45) is 10.5. The number of aliphatic hydroxyl groups is 1. The third-order valence-corrected chi connectivity index (χ3v) is 7.33. The fourth-order valence-corrected chi connectivity index (χ4v) is 5.05. The zero-order valence-corrected chi connectivity index (χ0v) is 21.7. The first-order valence-corrected chi connectivity index (χ1v) is 12.3. The molecule has 0 radical (unpaired) electrons. The van der Waals surface area contributed by atoms with Crippen molar-refractivity contribution in [2.24, 2.45) is 16.3 Å². The SMILES string of the molecule is CCNC(=NCC1(CCO)CCCCC1)NCCN1CCN(C(=O)C2CCC2)CC1.I. The lowest BCUT2D eigenvalue weighted by molar-refractivity contribution is -0.139. The van der Waals surface area contributed by atoms with Crippen molar-refractivity contribution in [3.8, 4) is 0 Å². The van der Waals surface area contributed by atoms with Crippen molar-refractivity contribution >= 4 is 35.8 Å². The molecule has 0 aromatic rings. The lowest BCUT2D eigenvalue weighted by Gasteiger charge is -2.38. The molecule has 0 unspecified atom stereocenters. The first-order valence-electron chi connectivity index (χ1n) is 12.3. The summed E-state index contributed by atoms with van der Waals surface area (Å²) >= 11 is 0. The van der Waals surface area contributed by atoms with Crippen molar-refractivity contribution in [2.75, 3.05) is 59.0 Å². The Morgan fingerprint density at radius 3 is 2.35 bits per heavy atom. The number of carbonyl (C=O) groups excluding carboxylic acids is 1. The van der Waals surface area contributed by atoms with E-state index in [1.54, 1.807) is 0 Å². The number of carbonyl (C=O) groups is 1. The second-order valence-corrected chi connectivity index (χ2v) is 9.45. The summed E-state index contributed by atoms with van der Waals surface area (Å²) in [5, 5.41) is 16.4. The molecule has 0 bridgehead atoms. The molecule has 1 aliphatic heterocycles. The van der Waals surface area contributed by atoms with Crippen molar-refractivity contribution in [1.29, 1.82) is 0 Å². The molecular weight excluding hydrogens is 505 g/mol. The largest absolute Gasteiger partial charge is 0.396 e. The third kappa shape index (κ3) is 8.03. The molecule has 8 heteroatoms. The molecule has 180 valence electrons. The maximum Gasteiger partial charge on any atom is 0.225 e. The number of nitrogens with zero attached hydrogens (tertiary/aromatic N) is 3. The molecule has 2 aliphatic carbocycles. The minimum Gasteiger partial charge on any atom is -0.396 e. The lowest BCUT2D eigenvalue weighted by Crippen LogP contribution is -2.52. The Labute approximate surface area is 205 Å². The average Bonchev–Trinajstić information content (AvgIpc) is 2.72. The summed E-state index contributed by atoms with van der Waals surface area (Å²) in [4.78, 5) is 21.8. The Hall–Kier alpha value is -0.610. The summed E-state index contributed by atoms with van der Waals surface area (Å²) < 4.78 is 0. The van der Waals surface area contributed by atoms with Gasteiger partial charge in [0.1, 0.15) is 0 Å². The van der Waals surface area contributed by atoms with E-state index in [0.717, 1.165) is 77.6 Å². The Morgan fingerprint density at radius 2 is 1.77 bits per heavy atom. The molecule has 7 nitrogen and oxygen atoms in total. The van der Waals surface area contributed by atoms with Gasteiger partial charge in [0, 0.05) is 64.9 Å². The second-order valence-electron chi connectivity index (χ2n) is 9.45. The molecule has 3 aliphatic rings. The fourth-order valence-electron chi connectivity index (χ4n) is 5.05. The lowest BCUT2D eigenvalue weighted by atomic mass is 9.72. The Kier molecular flexibility index (Phi) is 11.9. The first-order chi connectivity index (χ1) is 14.7. The number of rotatable bonds is 9. The monoisotopic (exact) mass is 549 g/mol. The van der Waals surface area contributed by atoms with E-state index in [1.807, 2.05) is 0 Å². The number of guanidine groups is 1. The van der Waals surface area contributed by atoms with Gasteiger partial charge in [-0.1, -0.05) is 25.7 Å². The molecule has 0 spiro atoms. The molecule has 1 heterocycles. The van der Waals surface area contributed by atoms with Crippen molar-refractivity contribution in [3.63, 3.8) is 0 Å². The maximum atomic E-state index is 12.4. The molecule has 0 atom stereocenters. The molecule has 1 saturated heterocycles. The van der Waals surface area contributed by atoms with Crippen LogP contribution < -0.4 is 10.6 Å². The number of nitrogens with one attached hydrogen (secondary N) is 2. The van der Waals surface area contributed by atoms with E-state index in [0.29, 0.717) is 11.8 Å². The standard InChI is InChI=1S/C23H43N5O2.HI/c1-2-24-22(26-19-23(11-18-29)9-4-3-5-10-23)25-12-13-27-14-16-28(17-15-27)21(30)20-7-6-8-20;/h20,29H,2-19H2,1H3,(H2,24,25,26);1H. The van der Waals surface area contributed by atoms with Gasteiger partial charge in [-0.3, -0.25) is 14.7 Å². The topological polar surface area (TPSA) is 80.2 Å². The highest BCUT2D eigenvalue weighted by atomic mass is 127. The van der Waals surface area contributed by atoms with Crippen molar-refractivity contribution in [2.45, 2.75) is 64.7 Å². The van der Waals surface area contributed by atoms with E-state index in [-0.39, 0.29) is 36.0 Å². The van der Waals surface area contributed by atoms with Crippen LogP contribution in [-0.4, -0.2) is 85.7 Å². The van der Waals surface area contributed by atoms with Gasteiger partial charge in [-0.25, -0.2) is 0 Å². The number of aliphatic imine (C=N–C) groups is 1. The van der Waals surface area contributed by atoms with Crippen LogP contribution in [0, 0.1) is 11.3 Å². The van der Waals surface area contributed by atoms with Crippen LogP contribution in [0.2, 0.25) is 0 Å². The van der Waals surface area contributed by atoms with Gasteiger partial charge in [-0.05, 0) is 44.4 Å². The number of aliphatic hydroxyl groups excluding tert-OH is 1. The van der Waals surface area contributed by atoms with Gasteiger partial charge in [-0.2, -0.15) is 0 Å². The number of hydrogen-bond donors (Lipinski definition) is 3. The molecule has 31 heavy (non-hydrogen) atoms. The van der Waals surface area contributed by atoms with Gasteiger partial charge in [0.2, 0.25) is 5.91 Å². The third-order valence-electron chi connectivity index (χ3n) is 7.33. The van der Waals surface area contributed by atoms with Gasteiger partial charge >= 0.3 is 0 Å². The smallest absolute Gasteiger partial charge is 0.225 e. The normalized spacial score (nSPS) is 22.4. The second kappa shape index (κ2) is 13.8. The van der Waals surface area contributed by atoms with E-state index in [1.165, 1.54) is 38.5 Å². The highest BCUT2D eigenvalue weighted by Crippen LogP contribution is 2.39. The summed E-state index contributed by atoms with van der Waals surface area (Å²) in [5.74, 6) is 1.59. The van der Waals surface area contributed by atoms with Crippen LogP contribution in [0.1, 0.15) is 64.7 Å². The highest BCUT2D eigenvalue weighted by Gasteiger charge is 2.32. The van der Waals surface area contributed by atoms with Crippen LogP contribution in [0.4, 0.5) is 0 Å². The predicted molar refractivity (Wildman–Crippen MR) is 137 cm³/mol. The summed E-state index contributed by atoms with van der Waals surface area (Å²) in [6.45, 7) is 9.49. The molecule has 0 aromatic carbocycles. The van der Waals surface area contributed by atoms with Crippen LogP contribution in [0.15, 0.2) is 4.99 Å². The van der Waals surface area contributed by atoms with E-state index in [9.17, 15) is 9.90 Å². The van der Waals surface area contributed by atoms with Gasteiger partial charge in [0.05, 0.1) is 0 Å². The zero-order chi connectivity index (χ0) is 21.2. The number of amides is 1. The molecule has 3 fully saturated rings. The van der Waals surface area contributed by atoms with E-state index in [4.69, 9.17) is 4.99 Å². The van der Waals surface area contributed by atoms with E-state index in [2.05, 4.69) is 27.4 Å². The maximum absolute atomic E-state index is 12.4. The number of halogens is 1. The van der Waals surface area contributed by atoms with Crippen molar-refractivity contribution in [3.05, 3.63) is 0 Å². The van der Waals surface area contributed by atoms with E-state index < -0.39 is 0 Å². The van der Waals surface area contributed by atoms with Gasteiger partial charge in [0.25, 0.3) is 0 Å². The minimum atomic E-state index is 0. The molecular formula is C23H44IN5O2. The predicted octanol–water partition coefficient (Wildman–Crippen LogP) is 2.44. The van der Waals surface area contributed by atoms with Crippen molar-refractivity contribution in [1.82, 2.24) is 20.4 Å². The molecule has 0 aromatic heterocycles. The van der Waals surface area contributed by atoms with Crippen LogP contribution in [0.25, 0.3) is 0 Å². The van der Waals surface area contributed by atoms with Crippen LogP contribution in [0.5, 0.6) is 0 Å². The molecule has 1 amide bonds. The summed E-state index contributed by atoms with van der Waals surface area (Å²) in [5.41, 5.74) is 0.179. The Morgan fingerprint density at radius 1 is 1.06 bits per heavy atom. The minimum absolute atomic E-state index is 0. The van der Waals surface area contributed by atoms with Crippen LogP contribution in [0.3, 0.4) is 0 Å². The quantitative estimate of drug-likeness (QED) is 0.234. The Balaban J connectivity index is 0.00000341. The molecule has 3 N–H and O–H groups in total. The number of hydrogen-bond acceptors (Lipinski definition) is 4. The van der Waals surface area contributed by atoms with Crippen molar-refractivity contribution < 1.29 is 9.90 Å². The van der Waals surface area contributed by atoms with Gasteiger partial charge in [-0.15, -0.1) is 24.0 Å². The summed E-state index contributed by atoms with van der Waals surface area (Å²) in [6, 6.07) is 0. The van der Waals surface area contributed by atoms with Crippen LogP contribution in [-0.2, 0) is 4.79 Å². The Bertz CT molecular complexity index is 551. The van der Waals surface area contributed by atoms with Crippen LogP contribution >= 0.6 is 24.0 Å². The molecule has 3 rings (SSSR count). The summed E-state index contributed by atoms with van der Waals surface area (Å²) in [7, 11) is 0. The fraction of sp³-hybridized carbons (Fsp3) is 0.913. The van der Waals surface area contributed by atoms with Gasteiger partial charge < -0.3 is 20.6 Å².